The van der Waals surface area contributed by atoms with Crippen molar-refractivity contribution in [2.75, 3.05) is 10.6 Å². The Morgan fingerprint density at radius 3 is 1.18 bits per heavy atom. The summed E-state index contributed by atoms with van der Waals surface area (Å²) in [6.45, 7) is 1.67. The van der Waals surface area contributed by atoms with Gasteiger partial charge in [-0.05, 0) is 41.5 Å². The van der Waals surface area contributed by atoms with Crippen LogP contribution in [-0.2, 0) is 35.8 Å². The molecule has 0 unspecified atom stereocenters. The van der Waals surface area contributed by atoms with Crippen LogP contribution in [0.15, 0.2) is 109 Å². The van der Waals surface area contributed by atoms with Crippen LogP contribution in [0.3, 0.4) is 0 Å². The maximum absolute atomic E-state index is 13.1. The molecule has 0 spiro atoms. The zero-order valence-electron chi connectivity index (χ0n) is 31.1. The summed E-state index contributed by atoms with van der Waals surface area (Å²) in [5, 5.41) is 25.4. The summed E-state index contributed by atoms with van der Waals surface area (Å²) in [6.07, 6.45) is -16.3. The van der Waals surface area contributed by atoms with Gasteiger partial charge in [0, 0.05) is 48.5 Å². The van der Waals surface area contributed by atoms with Crippen LogP contribution in [0.2, 0.25) is 0 Å². The first kappa shape index (κ1) is 46.1. The zero-order chi connectivity index (χ0) is 45.6. The van der Waals surface area contributed by atoms with Crippen molar-refractivity contribution in [1.82, 2.24) is 0 Å². The third kappa shape index (κ3) is 13.0. The van der Waals surface area contributed by atoms with E-state index in [-0.39, 0.29) is 11.5 Å². The first-order valence-electron chi connectivity index (χ1n) is 17.5. The Morgan fingerprint density at radius 1 is 0.500 bits per heavy atom. The number of aliphatic carboxylic acids is 2. The Kier molecular flexibility index (Phi) is 13.6. The molecule has 0 saturated carbocycles. The van der Waals surface area contributed by atoms with Crippen molar-refractivity contribution in [3.63, 3.8) is 0 Å². The van der Waals surface area contributed by atoms with Crippen LogP contribution < -0.4 is 39.5 Å². The smallest absolute Gasteiger partial charge is 0.542 e. The Balaban J connectivity index is 0.000000448. The van der Waals surface area contributed by atoms with Crippen molar-refractivity contribution in [1.29, 1.82) is 0 Å². The summed E-state index contributed by atoms with van der Waals surface area (Å²) in [6, 6.07) is 27.9. The van der Waals surface area contributed by atoms with Crippen LogP contribution in [0, 0.1) is 0 Å². The number of pyridine rings is 2. The molecule has 4 aliphatic heterocycles. The summed E-state index contributed by atoms with van der Waals surface area (Å²) in [5.74, 6) is -6.64. The Labute approximate surface area is 341 Å². The van der Waals surface area contributed by atoms with Gasteiger partial charge in [0.25, 0.3) is 0 Å². The monoisotopic (exact) mass is 888 g/mol. The van der Waals surface area contributed by atoms with Crippen molar-refractivity contribution >= 4 is 45.1 Å². The Morgan fingerprint density at radius 2 is 0.855 bits per heavy atom. The zero-order valence-corrected chi connectivity index (χ0v) is 31.1. The molecule has 6 heterocycles. The van der Waals surface area contributed by atoms with Crippen molar-refractivity contribution < 1.29 is 91.1 Å². The Hall–Kier alpha value is -7.00. The van der Waals surface area contributed by atoms with Gasteiger partial charge in [0.2, 0.25) is 11.0 Å². The molecule has 4 aromatic carbocycles. The number of carboxylic acid groups (broad SMARTS) is 2. The molecule has 0 fully saturated rings. The molecule has 10 nitrogen and oxygen atoms in total. The standard InChI is InChI=1S/C36H26F6N4O2.2C2HF3O2/c37-35(38,39)47-27-8-10-33-29(17-27)31-12-14-45(33)21-25-2-1-3-26(16-25)22-46-15-13-32(44-20-24-6-4-23(5-7-24)19-43-31)30-18-28(9-11-34(30)46)48-36(40,41)42;2*3-2(4,5)1(6)7/h1-18H,19-22H2;2*(H,6,7). The van der Waals surface area contributed by atoms with E-state index < -0.39 is 37.0 Å². The van der Waals surface area contributed by atoms with Gasteiger partial charge in [-0.15, -0.1) is 26.3 Å². The number of carboxylic acids is 2. The molecule has 328 valence electrons. The highest BCUT2D eigenvalue weighted by Crippen LogP contribution is 2.32. The summed E-state index contributed by atoms with van der Waals surface area (Å²) in [7, 11) is 0. The number of nitrogens with zero attached hydrogens (tertiary/aromatic N) is 2. The van der Waals surface area contributed by atoms with Gasteiger partial charge in [0.15, 0.2) is 25.5 Å². The largest absolute Gasteiger partial charge is 0.573 e. The van der Waals surface area contributed by atoms with Crippen molar-refractivity contribution in [2.24, 2.45) is 0 Å². The Bertz CT molecular complexity index is 2390. The number of hydrogen-bond acceptors (Lipinski definition) is 8. The molecule has 0 amide bonds. The summed E-state index contributed by atoms with van der Waals surface area (Å²) in [4.78, 5) is 17.6. The summed E-state index contributed by atoms with van der Waals surface area (Å²) in [5.41, 5.74) is 6.49. The number of halogens is 12. The normalized spacial score (nSPS) is 13.1. The van der Waals surface area contributed by atoms with Gasteiger partial charge < -0.3 is 39.9 Å². The van der Waals surface area contributed by atoms with Gasteiger partial charge in [-0.2, -0.15) is 35.5 Å². The number of hydrogen-bond donors (Lipinski definition) is 2. The second-order valence-electron chi connectivity index (χ2n) is 13.1. The average molecular weight is 889 g/mol. The van der Waals surface area contributed by atoms with Crippen LogP contribution >= 0.6 is 0 Å². The van der Waals surface area contributed by atoms with Gasteiger partial charge in [-0.25, -0.2) is 0 Å². The minimum Gasteiger partial charge on any atom is -0.542 e. The molecule has 0 radical (unpaired) electrons. The maximum Gasteiger partial charge on any atom is 0.573 e. The van der Waals surface area contributed by atoms with Crippen molar-refractivity contribution in [3.8, 4) is 11.5 Å². The van der Waals surface area contributed by atoms with E-state index in [0.717, 1.165) is 22.3 Å². The minimum absolute atomic E-state index is 0.313. The molecule has 62 heavy (non-hydrogen) atoms. The number of carbonyl (C=O) groups is 2. The number of alkyl halides is 12. The lowest BCUT2D eigenvalue weighted by Crippen LogP contribution is -2.37. The van der Waals surface area contributed by atoms with Crippen molar-refractivity contribution in [2.45, 2.75) is 51.3 Å². The fraction of sp³-hybridized carbons (Fsp3) is 0.200. The highest BCUT2D eigenvalue weighted by atomic mass is 19.4. The second kappa shape index (κ2) is 18.3. The van der Waals surface area contributed by atoms with E-state index in [9.17, 15) is 52.7 Å². The fourth-order valence-corrected chi connectivity index (χ4v) is 6.00. The predicted octanol–water partition coefficient (Wildman–Crippen LogP) is 6.60. The predicted molar refractivity (Wildman–Crippen MR) is 190 cm³/mol. The molecule has 2 aromatic heterocycles. The maximum atomic E-state index is 13.1. The minimum atomic E-state index is -5.19. The molecule has 4 aliphatic rings. The van der Waals surface area contributed by atoms with Crippen molar-refractivity contribution in [3.05, 3.63) is 132 Å². The molecule has 10 rings (SSSR count). The van der Waals surface area contributed by atoms with Gasteiger partial charge in [0.05, 0.1) is 22.1 Å². The van der Waals surface area contributed by atoms with Crippen LogP contribution in [0.4, 0.5) is 64.1 Å². The lowest BCUT2D eigenvalue weighted by molar-refractivity contribution is -0.663. The topological polar surface area (TPSA) is 131 Å². The first-order chi connectivity index (χ1) is 28.8. The number of carbonyl (C=O) groups excluding carboxylic acids is 2. The average Bonchev–Trinajstić information content (AvgIpc) is 3.16. The SMILES string of the molecule is FC(F)(F)Oc1ccc2c(c1)c1cc[n+]2Cc2cccc(c2)C[n+]2ccc(c3cc(OC(F)(F)F)ccc32)NCc2ccc(cc2)CN1.O=C([O-])C(F)(F)F.O=C([O-])C(F)(F)F. The molecular formula is C40H28F12N4O6. The summed E-state index contributed by atoms with van der Waals surface area (Å²) >= 11 is 0. The van der Waals surface area contributed by atoms with Gasteiger partial charge in [-0.1, -0.05) is 42.5 Å². The molecule has 2 N–H and O–H groups in total. The van der Waals surface area contributed by atoms with E-state index in [1.165, 1.54) is 24.3 Å². The summed E-state index contributed by atoms with van der Waals surface area (Å²) < 4.78 is 154. The van der Waals surface area contributed by atoms with Crippen LogP contribution in [0.1, 0.15) is 22.3 Å². The molecule has 0 aliphatic carbocycles. The lowest BCUT2D eigenvalue weighted by Gasteiger charge is -2.13. The van der Waals surface area contributed by atoms with E-state index >= 15 is 0 Å². The van der Waals surface area contributed by atoms with E-state index in [1.54, 1.807) is 12.1 Å². The van der Waals surface area contributed by atoms with E-state index in [4.69, 9.17) is 19.8 Å². The van der Waals surface area contributed by atoms with Crippen LogP contribution in [0.5, 0.6) is 11.5 Å². The lowest BCUT2D eigenvalue weighted by atomic mass is 10.1. The highest BCUT2D eigenvalue weighted by Gasteiger charge is 2.33. The number of fused-ring (bicyclic) bond motifs is 1. The molecule has 0 saturated heterocycles. The third-order valence-corrected chi connectivity index (χ3v) is 8.59. The number of rotatable bonds is 2. The second-order valence-corrected chi connectivity index (χ2v) is 13.1. The van der Waals surface area contributed by atoms with Gasteiger partial charge in [-0.3, -0.25) is 0 Å². The highest BCUT2D eigenvalue weighted by molar-refractivity contribution is 5.91. The number of ether oxygens (including phenoxy) is 2. The quantitative estimate of drug-likeness (QED) is 0.147. The van der Waals surface area contributed by atoms with Crippen LogP contribution in [0.25, 0.3) is 21.8 Å². The number of aromatic nitrogens is 2. The first-order valence-corrected chi connectivity index (χ1v) is 17.5. The number of nitrogens with one attached hydrogen (secondary N) is 2. The van der Waals surface area contributed by atoms with E-state index in [1.807, 2.05) is 82.2 Å². The van der Waals surface area contributed by atoms with Gasteiger partial charge >= 0.3 is 25.1 Å². The third-order valence-electron chi connectivity index (χ3n) is 8.59. The molecule has 8 bridgehead atoms. The number of anilines is 2. The van der Waals surface area contributed by atoms with Gasteiger partial charge in [0.1, 0.15) is 23.4 Å². The molecule has 6 aromatic rings. The fourth-order valence-electron chi connectivity index (χ4n) is 6.00. The van der Waals surface area contributed by atoms with E-state index in [2.05, 4.69) is 20.1 Å². The molecule has 22 heteroatoms. The number of benzene rings is 4. The molecular weight excluding hydrogens is 860 g/mol. The van der Waals surface area contributed by atoms with Crippen LogP contribution in [-0.4, -0.2) is 37.0 Å². The van der Waals surface area contributed by atoms with E-state index in [0.29, 0.717) is 59.4 Å². The molecule has 0 atom stereocenters.